The van der Waals surface area contributed by atoms with E-state index in [4.69, 9.17) is 5.26 Å². The zero-order valence-electron chi connectivity index (χ0n) is 5.94. The van der Waals surface area contributed by atoms with Gasteiger partial charge in [-0.25, -0.2) is 0 Å². The van der Waals surface area contributed by atoms with Gasteiger partial charge in [0.05, 0.1) is 6.07 Å². The molecule has 0 unspecified atom stereocenters. The van der Waals surface area contributed by atoms with Crippen LogP contribution in [0.5, 0.6) is 0 Å². The monoisotopic (exact) mass is 124 g/mol. The number of nitrogens with zero attached hydrogens (tertiary/aromatic N) is 1. The topological polar surface area (TPSA) is 35.8 Å². The van der Waals surface area contributed by atoms with Crippen LogP contribution in [-0.2, 0) is 0 Å². The summed E-state index contributed by atoms with van der Waals surface area (Å²) < 4.78 is 0. The number of hydrogen-bond donors (Lipinski definition) is 1. The molecule has 1 aliphatic rings. The second-order valence-electron chi connectivity index (χ2n) is 2.96. The zero-order valence-corrected chi connectivity index (χ0v) is 5.94. The lowest BCUT2D eigenvalue weighted by Gasteiger charge is -2.40. The van der Waals surface area contributed by atoms with Gasteiger partial charge in [-0.3, -0.25) is 0 Å². The third kappa shape index (κ3) is 0.927. The Morgan fingerprint density at radius 2 is 2.22 bits per heavy atom. The second kappa shape index (κ2) is 2.00. The van der Waals surface area contributed by atoms with Crippen molar-refractivity contribution in [1.82, 2.24) is 5.32 Å². The van der Waals surface area contributed by atoms with Crippen LogP contribution in [0.3, 0.4) is 0 Å². The predicted octanol–water partition coefficient (Wildman–Crippen LogP) is 0.898. The molecule has 0 amide bonds. The highest BCUT2D eigenvalue weighted by atomic mass is 15.0. The predicted molar refractivity (Wildman–Crippen MR) is 35.8 cm³/mol. The van der Waals surface area contributed by atoms with Gasteiger partial charge in [0.2, 0.25) is 0 Å². The Labute approximate surface area is 55.9 Å². The molecule has 0 aliphatic heterocycles. The summed E-state index contributed by atoms with van der Waals surface area (Å²) in [5.41, 5.74) is -0.167. The molecule has 1 aliphatic carbocycles. The molecule has 1 N–H and O–H groups in total. The molecule has 0 spiro atoms. The number of nitrogens with one attached hydrogen (secondary N) is 1. The Kier molecular flexibility index (Phi) is 1.46. The molecule has 0 heterocycles. The van der Waals surface area contributed by atoms with Gasteiger partial charge in [-0.05, 0) is 25.8 Å². The van der Waals surface area contributed by atoms with E-state index in [9.17, 15) is 0 Å². The summed E-state index contributed by atoms with van der Waals surface area (Å²) in [5, 5.41) is 11.7. The lowest BCUT2D eigenvalue weighted by Crippen LogP contribution is -2.51. The van der Waals surface area contributed by atoms with Crippen molar-refractivity contribution in [3.05, 3.63) is 0 Å². The molecule has 2 heteroatoms. The quantitative estimate of drug-likeness (QED) is 0.563. The first-order valence-corrected chi connectivity index (χ1v) is 3.32. The molecule has 1 rings (SSSR count). The Morgan fingerprint density at radius 1 is 1.67 bits per heavy atom. The summed E-state index contributed by atoms with van der Waals surface area (Å²) in [4.78, 5) is 0. The number of nitriles is 1. The minimum absolute atomic E-state index is 0.167. The molecule has 1 saturated carbocycles. The van der Waals surface area contributed by atoms with E-state index < -0.39 is 0 Å². The summed E-state index contributed by atoms with van der Waals surface area (Å²) in [7, 11) is 1.86. The SMILES string of the molecule is CNC1(C#N)CC(C)C1. The summed E-state index contributed by atoms with van der Waals surface area (Å²) in [5.74, 6) is 0.733. The van der Waals surface area contributed by atoms with Gasteiger partial charge < -0.3 is 5.32 Å². The fourth-order valence-corrected chi connectivity index (χ4v) is 1.48. The van der Waals surface area contributed by atoms with Gasteiger partial charge in [-0.1, -0.05) is 6.92 Å². The molecule has 0 saturated heterocycles. The van der Waals surface area contributed by atoms with Crippen LogP contribution in [0.2, 0.25) is 0 Å². The van der Waals surface area contributed by atoms with E-state index in [0.717, 1.165) is 18.8 Å². The molecule has 0 bridgehead atoms. The van der Waals surface area contributed by atoms with E-state index >= 15 is 0 Å². The van der Waals surface area contributed by atoms with Crippen molar-refractivity contribution in [2.75, 3.05) is 7.05 Å². The lowest BCUT2D eigenvalue weighted by atomic mass is 9.70. The normalized spacial score (nSPS) is 41.2. The average Bonchev–Trinajstić information content (AvgIpc) is 1.81. The van der Waals surface area contributed by atoms with Gasteiger partial charge in [0.1, 0.15) is 5.54 Å². The van der Waals surface area contributed by atoms with Gasteiger partial charge in [0.15, 0.2) is 0 Å². The van der Waals surface area contributed by atoms with Crippen molar-refractivity contribution in [2.24, 2.45) is 5.92 Å². The van der Waals surface area contributed by atoms with Crippen molar-refractivity contribution < 1.29 is 0 Å². The first kappa shape index (κ1) is 6.57. The van der Waals surface area contributed by atoms with Crippen molar-refractivity contribution in [3.63, 3.8) is 0 Å². The van der Waals surface area contributed by atoms with Gasteiger partial charge >= 0.3 is 0 Å². The van der Waals surface area contributed by atoms with Crippen molar-refractivity contribution in [3.8, 4) is 6.07 Å². The average molecular weight is 124 g/mol. The lowest BCUT2D eigenvalue weighted by molar-refractivity contribution is 0.184. The first-order chi connectivity index (χ1) is 4.22. The van der Waals surface area contributed by atoms with Crippen molar-refractivity contribution in [2.45, 2.75) is 25.3 Å². The Hall–Kier alpha value is -0.550. The standard InChI is InChI=1S/C7H12N2/c1-6-3-7(4-6,5-8)9-2/h6,9H,3-4H2,1-2H3. The van der Waals surface area contributed by atoms with Gasteiger partial charge in [0, 0.05) is 0 Å². The van der Waals surface area contributed by atoms with Crippen LogP contribution in [0, 0.1) is 17.2 Å². The van der Waals surface area contributed by atoms with Crippen LogP contribution < -0.4 is 5.32 Å². The van der Waals surface area contributed by atoms with Crippen LogP contribution in [0.1, 0.15) is 19.8 Å². The Bertz CT molecular complexity index is 139. The summed E-state index contributed by atoms with van der Waals surface area (Å²) in [6.45, 7) is 2.17. The Morgan fingerprint density at radius 3 is 2.33 bits per heavy atom. The molecule has 0 aromatic heterocycles. The van der Waals surface area contributed by atoms with E-state index in [1.165, 1.54) is 0 Å². The van der Waals surface area contributed by atoms with Crippen LogP contribution in [0.4, 0.5) is 0 Å². The van der Waals surface area contributed by atoms with E-state index in [1.807, 2.05) is 7.05 Å². The molecule has 9 heavy (non-hydrogen) atoms. The van der Waals surface area contributed by atoms with Gasteiger partial charge in [0.25, 0.3) is 0 Å². The maximum absolute atomic E-state index is 8.64. The molecule has 1 fully saturated rings. The van der Waals surface area contributed by atoms with Gasteiger partial charge in [-0.2, -0.15) is 5.26 Å². The van der Waals surface area contributed by atoms with Gasteiger partial charge in [-0.15, -0.1) is 0 Å². The summed E-state index contributed by atoms with van der Waals surface area (Å²) in [6, 6.07) is 2.28. The molecule has 0 aromatic rings. The minimum atomic E-state index is -0.167. The second-order valence-corrected chi connectivity index (χ2v) is 2.96. The smallest absolute Gasteiger partial charge is 0.107 e. The number of hydrogen-bond acceptors (Lipinski definition) is 2. The Balaban J connectivity index is 2.48. The molecular formula is C7H12N2. The van der Waals surface area contributed by atoms with E-state index in [0.29, 0.717) is 0 Å². The van der Waals surface area contributed by atoms with Crippen molar-refractivity contribution in [1.29, 1.82) is 5.26 Å². The summed E-state index contributed by atoms with van der Waals surface area (Å²) >= 11 is 0. The summed E-state index contributed by atoms with van der Waals surface area (Å²) in [6.07, 6.45) is 2.03. The third-order valence-corrected chi connectivity index (χ3v) is 2.09. The number of rotatable bonds is 1. The largest absolute Gasteiger partial charge is 0.302 e. The molecular weight excluding hydrogens is 112 g/mol. The van der Waals surface area contributed by atoms with Crippen LogP contribution in [0.25, 0.3) is 0 Å². The van der Waals surface area contributed by atoms with E-state index in [1.54, 1.807) is 0 Å². The van der Waals surface area contributed by atoms with Crippen LogP contribution >= 0.6 is 0 Å². The first-order valence-electron chi connectivity index (χ1n) is 3.32. The third-order valence-electron chi connectivity index (χ3n) is 2.09. The van der Waals surface area contributed by atoms with Crippen LogP contribution in [-0.4, -0.2) is 12.6 Å². The van der Waals surface area contributed by atoms with E-state index in [-0.39, 0.29) is 5.54 Å². The zero-order chi connectivity index (χ0) is 6.91. The van der Waals surface area contributed by atoms with E-state index in [2.05, 4.69) is 18.3 Å². The fourth-order valence-electron chi connectivity index (χ4n) is 1.48. The maximum atomic E-state index is 8.64. The molecule has 2 nitrogen and oxygen atoms in total. The highest BCUT2D eigenvalue weighted by Gasteiger charge is 2.40. The molecule has 0 aromatic carbocycles. The molecule has 0 atom stereocenters. The molecule has 50 valence electrons. The minimum Gasteiger partial charge on any atom is -0.302 e. The molecule has 0 radical (unpaired) electrons. The highest BCUT2D eigenvalue weighted by molar-refractivity contribution is 5.13. The van der Waals surface area contributed by atoms with Crippen LogP contribution in [0.15, 0.2) is 0 Å². The fraction of sp³-hybridized carbons (Fsp3) is 0.857. The van der Waals surface area contributed by atoms with Crippen molar-refractivity contribution >= 4 is 0 Å². The maximum Gasteiger partial charge on any atom is 0.107 e. The highest BCUT2D eigenvalue weighted by Crippen LogP contribution is 2.36.